The van der Waals surface area contributed by atoms with E-state index in [0.717, 1.165) is 0 Å². The molecule has 0 aliphatic heterocycles. The summed E-state index contributed by atoms with van der Waals surface area (Å²) in [5.41, 5.74) is 0. The average Bonchev–Trinajstić information content (AvgIpc) is 1.67. The third kappa shape index (κ3) is 2.23. The standard InChI is InChI=1S/C5H8N2O/c1-3-7-5(6)4(2)8/h3,6H,1-2H3/b6-5?,7-3-. The molecule has 0 amide bonds. The highest BCUT2D eigenvalue weighted by Gasteiger charge is 1.95. The summed E-state index contributed by atoms with van der Waals surface area (Å²) in [7, 11) is 0. The molecule has 0 radical (unpaired) electrons. The van der Waals surface area contributed by atoms with Crippen molar-refractivity contribution in [3.8, 4) is 0 Å². The number of aliphatic imine (C=N–C) groups is 1. The highest BCUT2D eigenvalue weighted by atomic mass is 16.1. The van der Waals surface area contributed by atoms with Crippen LogP contribution < -0.4 is 0 Å². The van der Waals surface area contributed by atoms with Crippen LogP contribution in [0.2, 0.25) is 0 Å². The van der Waals surface area contributed by atoms with Gasteiger partial charge in [-0.1, -0.05) is 0 Å². The smallest absolute Gasteiger partial charge is 0.196 e. The highest BCUT2D eigenvalue weighted by molar-refractivity contribution is 6.37. The Bertz CT molecular complexity index is 137. The summed E-state index contributed by atoms with van der Waals surface area (Å²) in [4.78, 5) is 13.6. The summed E-state index contributed by atoms with van der Waals surface area (Å²) >= 11 is 0. The molecule has 0 aromatic heterocycles. The molecule has 0 bridgehead atoms. The SMILES string of the molecule is C/C=N\C(=N)C(C)=O. The fourth-order valence-corrected chi connectivity index (χ4v) is 0.220. The van der Waals surface area contributed by atoms with Gasteiger partial charge in [-0.3, -0.25) is 10.2 Å². The van der Waals surface area contributed by atoms with E-state index >= 15 is 0 Å². The van der Waals surface area contributed by atoms with E-state index in [1.165, 1.54) is 13.1 Å². The zero-order valence-electron chi connectivity index (χ0n) is 4.93. The monoisotopic (exact) mass is 112 g/mol. The molecule has 0 atom stereocenters. The van der Waals surface area contributed by atoms with Crippen LogP contribution in [0.1, 0.15) is 13.8 Å². The molecule has 3 nitrogen and oxygen atoms in total. The molecule has 1 N–H and O–H groups in total. The van der Waals surface area contributed by atoms with E-state index < -0.39 is 0 Å². The number of rotatable bonds is 1. The predicted molar refractivity (Wildman–Crippen MR) is 32.6 cm³/mol. The van der Waals surface area contributed by atoms with Gasteiger partial charge in [0.2, 0.25) is 0 Å². The van der Waals surface area contributed by atoms with Gasteiger partial charge < -0.3 is 0 Å². The van der Waals surface area contributed by atoms with Crippen LogP contribution in [0.5, 0.6) is 0 Å². The Kier molecular flexibility index (Phi) is 2.69. The van der Waals surface area contributed by atoms with E-state index in [0.29, 0.717) is 0 Å². The third-order valence-electron chi connectivity index (χ3n) is 0.592. The van der Waals surface area contributed by atoms with Crippen LogP contribution in [-0.2, 0) is 4.79 Å². The lowest BCUT2D eigenvalue weighted by Gasteiger charge is -1.83. The molecule has 0 heterocycles. The van der Waals surface area contributed by atoms with E-state index in [1.54, 1.807) is 6.92 Å². The molecule has 44 valence electrons. The van der Waals surface area contributed by atoms with Crippen LogP contribution in [0.3, 0.4) is 0 Å². The average molecular weight is 112 g/mol. The van der Waals surface area contributed by atoms with Crippen molar-refractivity contribution in [1.29, 1.82) is 5.41 Å². The number of ketones is 1. The minimum Gasteiger partial charge on any atom is -0.291 e. The fourth-order valence-electron chi connectivity index (χ4n) is 0.220. The van der Waals surface area contributed by atoms with Gasteiger partial charge in [0.05, 0.1) is 0 Å². The number of carbonyl (C=O) groups excluding carboxylic acids is 1. The van der Waals surface area contributed by atoms with Gasteiger partial charge in [0.25, 0.3) is 0 Å². The summed E-state index contributed by atoms with van der Waals surface area (Å²) in [6, 6.07) is 0. The zero-order chi connectivity index (χ0) is 6.57. The molecule has 8 heavy (non-hydrogen) atoms. The molecule has 0 aromatic rings. The molecule has 0 aliphatic carbocycles. The van der Waals surface area contributed by atoms with E-state index in [2.05, 4.69) is 4.99 Å². The lowest BCUT2D eigenvalue weighted by Crippen LogP contribution is -2.03. The molecule has 0 spiro atoms. The first kappa shape index (κ1) is 7.01. The van der Waals surface area contributed by atoms with Gasteiger partial charge in [-0.05, 0) is 6.92 Å². The first-order valence-corrected chi connectivity index (χ1v) is 2.26. The van der Waals surface area contributed by atoms with Crippen LogP contribution in [-0.4, -0.2) is 17.8 Å². The Labute approximate surface area is 47.9 Å². The van der Waals surface area contributed by atoms with E-state index in [-0.39, 0.29) is 11.6 Å². The van der Waals surface area contributed by atoms with Gasteiger partial charge in [-0.2, -0.15) is 0 Å². The second kappa shape index (κ2) is 3.07. The lowest BCUT2D eigenvalue weighted by molar-refractivity contribution is -0.111. The quantitative estimate of drug-likeness (QED) is 0.393. The molecule has 0 rings (SSSR count). The number of amidine groups is 1. The normalized spacial score (nSPS) is 9.75. The molecule has 0 fully saturated rings. The number of Topliss-reactive ketones (excluding diaryl/α,β-unsaturated/α-hetero) is 1. The largest absolute Gasteiger partial charge is 0.291 e. The maximum absolute atomic E-state index is 10.2. The van der Waals surface area contributed by atoms with Gasteiger partial charge >= 0.3 is 0 Å². The maximum atomic E-state index is 10.2. The van der Waals surface area contributed by atoms with Crippen molar-refractivity contribution in [2.45, 2.75) is 13.8 Å². The van der Waals surface area contributed by atoms with E-state index in [1.807, 2.05) is 0 Å². The molecule has 0 unspecified atom stereocenters. The number of carbonyl (C=O) groups is 1. The Morgan fingerprint density at radius 2 is 2.25 bits per heavy atom. The zero-order valence-corrected chi connectivity index (χ0v) is 4.93. The second-order valence-corrected chi connectivity index (χ2v) is 1.29. The fraction of sp³-hybridized carbons (Fsp3) is 0.400. The minimum absolute atomic E-state index is 0.187. The van der Waals surface area contributed by atoms with Gasteiger partial charge in [-0.25, -0.2) is 4.99 Å². The predicted octanol–water partition coefficient (Wildman–Crippen LogP) is 0.643. The molecule has 3 heteroatoms. The van der Waals surface area contributed by atoms with Crippen LogP contribution in [0, 0.1) is 5.41 Å². The Morgan fingerprint density at radius 3 is 2.38 bits per heavy atom. The summed E-state index contributed by atoms with van der Waals surface area (Å²) in [5.74, 6) is -0.490. The molecule has 0 saturated carbocycles. The summed E-state index contributed by atoms with van der Waals surface area (Å²) in [6.45, 7) is 2.98. The lowest BCUT2D eigenvalue weighted by atomic mass is 10.4. The topological polar surface area (TPSA) is 53.3 Å². The van der Waals surface area contributed by atoms with Crippen LogP contribution in [0.4, 0.5) is 0 Å². The van der Waals surface area contributed by atoms with Crippen molar-refractivity contribution in [3.05, 3.63) is 0 Å². The van der Waals surface area contributed by atoms with Crippen LogP contribution >= 0.6 is 0 Å². The second-order valence-electron chi connectivity index (χ2n) is 1.29. The van der Waals surface area contributed by atoms with Crippen LogP contribution in [0.25, 0.3) is 0 Å². The summed E-state index contributed by atoms with van der Waals surface area (Å²) in [5, 5.41) is 6.80. The maximum Gasteiger partial charge on any atom is 0.196 e. The van der Waals surface area contributed by atoms with Crippen molar-refractivity contribution in [1.82, 2.24) is 0 Å². The van der Waals surface area contributed by atoms with Gasteiger partial charge in [-0.15, -0.1) is 0 Å². The molecular formula is C5H8N2O. The number of hydrogen-bond donors (Lipinski definition) is 1. The van der Waals surface area contributed by atoms with Crippen molar-refractivity contribution < 1.29 is 4.79 Å². The highest BCUT2D eigenvalue weighted by Crippen LogP contribution is 1.75. The number of nitrogens with one attached hydrogen (secondary N) is 1. The minimum atomic E-state index is -0.303. The summed E-state index contributed by atoms with van der Waals surface area (Å²) < 4.78 is 0. The first-order valence-electron chi connectivity index (χ1n) is 2.26. The van der Waals surface area contributed by atoms with Crippen molar-refractivity contribution >= 4 is 17.8 Å². The van der Waals surface area contributed by atoms with Gasteiger partial charge in [0.15, 0.2) is 11.6 Å². The first-order chi connectivity index (χ1) is 3.68. The van der Waals surface area contributed by atoms with Gasteiger partial charge in [0.1, 0.15) is 0 Å². The van der Waals surface area contributed by atoms with Crippen molar-refractivity contribution in [3.63, 3.8) is 0 Å². The molecule has 0 aliphatic rings. The van der Waals surface area contributed by atoms with E-state index in [9.17, 15) is 4.79 Å². The Balaban J connectivity index is 3.85. The molecule has 0 aromatic carbocycles. The molecule has 0 saturated heterocycles. The number of nitrogens with zero attached hydrogens (tertiary/aromatic N) is 1. The third-order valence-corrected chi connectivity index (χ3v) is 0.592. The Hall–Kier alpha value is -0.990. The Morgan fingerprint density at radius 1 is 1.75 bits per heavy atom. The summed E-state index contributed by atoms with van der Waals surface area (Å²) in [6.07, 6.45) is 1.42. The molecular weight excluding hydrogens is 104 g/mol. The van der Waals surface area contributed by atoms with Crippen molar-refractivity contribution in [2.24, 2.45) is 4.99 Å². The van der Waals surface area contributed by atoms with Crippen molar-refractivity contribution in [2.75, 3.05) is 0 Å². The van der Waals surface area contributed by atoms with E-state index in [4.69, 9.17) is 5.41 Å². The van der Waals surface area contributed by atoms with Crippen LogP contribution in [0.15, 0.2) is 4.99 Å². The van der Waals surface area contributed by atoms with Gasteiger partial charge in [0, 0.05) is 13.1 Å². The number of hydrogen-bond acceptors (Lipinski definition) is 2.